The predicted octanol–water partition coefficient (Wildman–Crippen LogP) is 5.84. The fraction of sp³-hybridized carbons (Fsp3) is 0.182. The minimum Gasteiger partial charge on any atom is -0.489 e. The number of benzene rings is 3. The average Bonchev–Trinajstić information content (AvgIpc) is 3.58. The second-order valence-corrected chi connectivity index (χ2v) is 9.65. The minimum absolute atomic E-state index is 0.124. The molecule has 1 heterocycles. The number of hydrogen-bond acceptors (Lipinski definition) is 3. The SMILES string of the molecule is C#Cc1cccc(C(=O)N[C@@H](CO)Cc2c[nH]c3ccccc23)c1OC(C)C.C1=Cc2c3cccc2C1=C3. The maximum Gasteiger partial charge on any atom is 0.255 e. The molecule has 0 saturated carbocycles. The summed E-state index contributed by atoms with van der Waals surface area (Å²) in [5, 5.41) is 13.8. The monoisotopic (exact) mass is 502 g/mol. The van der Waals surface area contributed by atoms with E-state index in [0.29, 0.717) is 23.3 Å². The molecule has 3 aromatic carbocycles. The zero-order chi connectivity index (χ0) is 26.6. The van der Waals surface area contributed by atoms with Crippen LogP contribution in [0.4, 0.5) is 0 Å². The summed E-state index contributed by atoms with van der Waals surface area (Å²) in [5.74, 6) is 2.62. The van der Waals surface area contributed by atoms with Gasteiger partial charge in [0.2, 0.25) is 0 Å². The van der Waals surface area contributed by atoms with Crippen molar-refractivity contribution in [1.82, 2.24) is 10.3 Å². The first-order valence-corrected chi connectivity index (χ1v) is 12.7. The Kier molecular flexibility index (Phi) is 7.17. The quantitative estimate of drug-likeness (QED) is 0.278. The van der Waals surface area contributed by atoms with Crippen molar-refractivity contribution in [3.63, 3.8) is 0 Å². The van der Waals surface area contributed by atoms with Crippen LogP contribution < -0.4 is 10.1 Å². The van der Waals surface area contributed by atoms with Gasteiger partial charge in [-0.2, -0.15) is 0 Å². The highest BCUT2D eigenvalue weighted by molar-refractivity contribution is 6.05. The number of H-pyrrole nitrogens is 1. The van der Waals surface area contributed by atoms with E-state index in [9.17, 15) is 9.90 Å². The van der Waals surface area contributed by atoms with Gasteiger partial charge in [-0.3, -0.25) is 4.79 Å². The molecule has 1 atom stereocenters. The Bertz CT molecular complexity index is 1600. The number of amides is 1. The van der Waals surface area contributed by atoms with Crippen LogP contribution in [0.1, 0.15) is 52.0 Å². The summed E-state index contributed by atoms with van der Waals surface area (Å²) in [6, 6.07) is 19.1. The fourth-order valence-electron chi connectivity index (χ4n) is 4.89. The second kappa shape index (κ2) is 10.8. The summed E-state index contributed by atoms with van der Waals surface area (Å²) in [7, 11) is 0. The van der Waals surface area contributed by atoms with Gasteiger partial charge in [-0.15, -0.1) is 6.42 Å². The van der Waals surface area contributed by atoms with E-state index in [4.69, 9.17) is 11.2 Å². The Balaban J connectivity index is 0.000000240. The second-order valence-electron chi connectivity index (χ2n) is 9.65. The molecular formula is C33H30N2O3. The molecule has 5 nitrogen and oxygen atoms in total. The van der Waals surface area contributed by atoms with Crippen LogP contribution in [0.3, 0.4) is 0 Å². The van der Waals surface area contributed by atoms with E-state index < -0.39 is 6.04 Å². The van der Waals surface area contributed by atoms with Crippen molar-refractivity contribution < 1.29 is 14.6 Å². The van der Waals surface area contributed by atoms with Crippen LogP contribution in [0, 0.1) is 12.3 Å². The Hall–Kier alpha value is -4.53. The van der Waals surface area contributed by atoms with Gasteiger partial charge in [-0.25, -0.2) is 0 Å². The molecule has 0 spiro atoms. The first-order valence-electron chi connectivity index (χ1n) is 12.7. The summed E-state index contributed by atoms with van der Waals surface area (Å²) >= 11 is 0. The lowest BCUT2D eigenvalue weighted by Crippen LogP contribution is -2.39. The molecule has 1 amide bonds. The van der Waals surface area contributed by atoms with Crippen molar-refractivity contribution >= 4 is 34.5 Å². The third-order valence-electron chi connectivity index (χ3n) is 6.66. The van der Waals surface area contributed by atoms with E-state index in [1.165, 1.54) is 22.3 Å². The van der Waals surface area contributed by atoms with Crippen molar-refractivity contribution in [2.45, 2.75) is 32.4 Å². The molecule has 38 heavy (non-hydrogen) atoms. The van der Waals surface area contributed by atoms with E-state index >= 15 is 0 Å². The Labute approximate surface area is 222 Å². The number of ether oxygens (including phenoxy) is 1. The number of aromatic nitrogens is 1. The summed E-state index contributed by atoms with van der Waals surface area (Å²) in [5.41, 5.74) is 8.54. The number of rotatable bonds is 7. The largest absolute Gasteiger partial charge is 0.489 e. The number of fused-ring (bicyclic) bond motifs is 1. The Morgan fingerprint density at radius 3 is 2.63 bits per heavy atom. The molecule has 5 heteroatoms. The molecule has 0 unspecified atom stereocenters. The average molecular weight is 503 g/mol. The Morgan fingerprint density at radius 1 is 1.08 bits per heavy atom. The topological polar surface area (TPSA) is 74.4 Å². The minimum atomic E-state index is -0.437. The molecule has 4 bridgehead atoms. The zero-order valence-electron chi connectivity index (χ0n) is 21.5. The van der Waals surface area contributed by atoms with Crippen LogP contribution in [0.5, 0.6) is 5.75 Å². The number of para-hydroxylation sites is 2. The molecule has 0 fully saturated rings. The lowest BCUT2D eigenvalue weighted by Gasteiger charge is -2.19. The van der Waals surface area contributed by atoms with Gasteiger partial charge in [0.1, 0.15) is 5.75 Å². The van der Waals surface area contributed by atoms with Crippen molar-refractivity contribution in [2.24, 2.45) is 0 Å². The van der Waals surface area contributed by atoms with Gasteiger partial charge in [0.05, 0.1) is 29.9 Å². The van der Waals surface area contributed by atoms with E-state index in [2.05, 4.69) is 52.6 Å². The third-order valence-corrected chi connectivity index (χ3v) is 6.66. The van der Waals surface area contributed by atoms with Gasteiger partial charge in [0, 0.05) is 17.1 Å². The summed E-state index contributed by atoms with van der Waals surface area (Å²) in [6.45, 7) is 3.57. The van der Waals surface area contributed by atoms with E-state index in [1.54, 1.807) is 18.2 Å². The maximum atomic E-state index is 12.9. The number of carbonyl (C=O) groups excluding carboxylic acids is 1. The first kappa shape index (κ1) is 25.1. The molecular weight excluding hydrogens is 472 g/mol. The number of nitrogens with one attached hydrogen (secondary N) is 2. The maximum absolute atomic E-state index is 12.9. The number of terminal acetylenes is 1. The number of aliphatic hydroxyl groups is 1. The molecule has 4 aromatic rings. The highest BCUT2D eigenvalue weighted by atomic mass is 16.5. The number of aromatic amines is 1. The predicted molar refractivity (Wildman–Crippen MR) is 154 cm³/mol. The van der Waals surface area contributed by atoms with Crippen LogP contribution in [-0.2, 0) is 6.42 Å². The van der Waals surface area contributed by atoms with Gasteiger partial charge >= 0.3 is 0 Å². The molecule has 1 aromatic heterocycles. The van der Waals surface area contributed by atoms with Gasteiger partial charge < -0.3 is 20.1 Å². The van der Waals surface area contributed by atoms with Gasteiger partial charge in [-0.05, 0) is 72.4 Å². The number of carbonyl (C=O) groups is 1. The highest BCUT2D eigenvalue weighted by Crippen LogP contribution is 2.39. The van der Waals surface area contributed by atoms with Crippen molar-refractivity contribution in [3.8, 4) is 18.1 Å². The number of hydrogen-bond donors (Lipinski definition) is 3. The molecule has 3 N–H and O–H groups in total. The zero-order valence-corrected chi connectivity index (χ0v) is 21.5. The van der Waals surface area contributed by atoms with Crippen molar-refractivity contribution in [2.75, 3.05) is 6.61 Å². The molecule has 0 radical (unpaired) electrons. The highest BCUT2D eigenvalue weighted by Gasteiger charge is 2.21. The number of aliphatic hydroxyl groups excluding tert-OH is 1. The third kappa shape index (κ3) is 5.00. The molecule has 2 aliphatic carbocycles. The van der Waals surface area contributed by atoms with Crippen molar-refractivity contribution in [1.29, 1.82) is 0 Å². The van der Waals surface area contributed by atoms with Gasteiger partial charge in [-0.1, -0.05) is 60.5 Å². The first-order chi connectivity index (χ1) is 18.5. The summed E-state index contributed by atoms with van der Waals surface area (Å²) in [6.07, 6.45) is 14.5. The van der Waals surface area contributed by atoms with Gasteiger partial charge in [0.25, 0.3) is 5.91 Å². The van der Waals surface area contributed by atoms with Crippen molar-refractivity contribution in [3.05, 3.63) is 106 Å². The van der Waals surface area contributed by atoms with Crippen LogP contribution in [0.25, 0.3) is 28.6 Å². The van der Waals surface area contributed by atoms with Gasteiger partial charge in [0.15, 0.2) is 0 Å². The lowest BCUT2D eigenvalue weighted by atomic mass is 10.0. The van der Waals surface area contributed by atoms with E-state index in [0.717, 1.165) is 16.5 Å². The van der Waals surface area contributed by atoms with E-state index in [1.807, 2.05) is 44.3 Å². The van der Waals surface area contributed by atoms with Crippen LogP contribution >= 0.6 is 0 Å². The lowest BCUT2D eigenvalue weighted by molar-refractivity contribution is 0.0910. The normalized spacial score (nSPS) is 13.1. The molecule has 0 aliphatic heterocycles. The fourth-order valence-corrected chi connectivity index (χ4v) is 4.89. The molecule has 190 valence electrons. The smallest absolute Gasteiger partial charge is 0.255 e. The Morgan fingerprint density at radius 2 is 1.89 bits per heavy atom. The molecule has 2 aliphatic rings. The van der Waals surface area contributed by atoms with Crippen LogP contribution in [0.2, 0.25) is 0 Å². The summed E-state index contributed by atoms with van der Waals surface area (Å²) < 4.78 is 5.80. The van der Waals surface area contributed by atoms with E-state index in [-0.39, 0.29) is 18.6 Å². The number of allylic oxidation sites excluding steroid dienone is 2. The summed E-state index contributed by atoms with van der Waals surface area (Å²) in [4.78, 5) is 16.1. The molecule has 6 rings (SSSR count). The van der Waals surface area contributed by atoms with Crippen LogP contribution in [-0.4, -0.2) is 34.8 Å². The van der Waals surface area contributed by atoms with Crippen LogP contribution in [0.15, 0.2) is 72.9 Å². The molecule has 0 saturated heterocycles. The standard InChI is InChI=1S/C23H24N2O3.C10H6/c1-4-16-8-7-10-20(22(16)28-15(2)3)23(27)25-18(14-26)12-17-13-24-21-11-6-5-9-19(17)21;1-2-7-6-8-4-5-10(7)9(8)3-1/h1,5-11,13,15,18,24,26H,12,14H2,2-3H3,(H,25,27);1-6H/t18-;/m1./s1.